The summed E-state index contributed by atoms with van der Waals surface area (Å²) < 4.78 is 0. The van der Waals surface area contributed by atoms with Gasteiger partial charge in [-0.05, 0) is 13.3 Å². The number of hydrogen-bond donors (Lipinski definition) is 1. The lowest BCUT2D eigenvalue weighted by Crippen LogP contribution is -1.91. The summed E-state index contributed by atoms with van der Waals surface area (Å²) in [7, 11) is 0. The predicted molar refractivity (Wildman–Crippen MR) is 38.0 cm³/mol. The molecule has 1 N–H and O–H groups in total. The normalized spacial score (nSPS) is 18.1. The second-order valence-electron chi connectivity index (χ2n) is 1.17. The molecule has 7 heavy (non-hydrogen) atoms. The largest absolute Gasteiger partial charge is 0.384 e. The molecule has 0 bridgehead atoms. The van der Waals surface area contributed by atoms with Crippen molar-refractivity contribution in [1.29, 1.82) is 0 Å². The SMILES string of the molecule is C=CC(O)P(C)Br. The molecule has 0 heterocycles. The Balaban J connectivity index is 3.33. The van der Waals surface area contributed by atoms with Gasteiger partial charge in [0.15, 0.2) is 0 Å². The minimum Gasteiger partial charge on any atom is -0.384 e. The minimum atomic E-state index is -0.412. The standard InChI is InChI=1S/C4H8BrOP/c1-3-4(6)7(2)5/h3-4,6H,1H2,2H3. The van der Waals surface area contributed by atoms with E-state index in [1.807, 2.05) is 6.66 Å². The van der Waals surface area contributed by atoms with Gasteiger partial charge in [-0.3, -0.25) is 0 Å². The van der Waals surface area contributed by atoms with E-state index < -0.39 is 6.62 Å². The van der Waals surface area contributed by atoms with E-state index in [1.165, 1.54) is 6.08 Å². The van der Waals surface area contributed by atoms with Crippen molar-refractivity contribution >= 4 is 22.1 Å². The van der Waals surface area contributed by atoms with Crippen LogP contribution in [-0.4, -0.2) is 17.6 Å². The van der Waals surface area contributed by atoms with Gasteiger partial charge in [0.25, 0.3) is 0 Å². The fourth-order valence-electron chi connectivity index (χ4n) is 0.145. The molecule has 2 atom stereocenters. The molecule has 0 amide bonds. The van der Waals surface area contributed by atoms with Crippen LogP contribution >= 0.6 is 22.1 Å². The van der Waals surface area contributed by atoms with Crippen molar-refractivity contribution in [1.82, 2.24) is 0 Å². The van der Waals surface area contributed by atoms with E-state index >= 15 is 0 Å². The highest BCUT2D eigenvalue weighted by Crippen LogP contribution is 2.43. The summed E-state index contributed by atoms with van der Waals surface area (Å²) in [6, 6.07) is 0. The average molecular weight is 183 g/mol. The Hall–Kier alpha value is 0.610. The third-order valence-corrected chi connectivity index (χ3v) is 2.77. The third kappa shape index (κ3) is 3.22. The maximum atomic E-state index is 8.80. The number of hydrogen-bond acceptors (Lipinski definition) is 1. The lowest BCUT2D eigenvalue weighted by atomic mass is 10.7. The molecule has 2 unspecified atom stereocenters. The predicted octanol–water partition coefficient (Wildman–Crippen LogP) is 1.91. The molecule has 0 rings (SSSR count). The van der Waals surface area contributed by atoms with Gasteiger partial charge in [-0.25, -0.2) is 0 Å². The molecule has 0 saturated heterocycles. The molecule has 0 aromatic rings. The van der Waals surface area contributed by atoms with Crippen LogP contribution in [0.1, 0.15) is 0 Å². The van der Waals surface area contributed by atoms with Crippen LogP contribution in [0.3, 0.4) is 0 Å². The number of halogens is 1. The van der Waals surface area contributed by atoms with Gasteiger partial charge in [-0.1, -0.05) is 21.6 Å². The monoisotopic (exact) mass is 182 g/mol. The Morgan fingerprint density at radius 3 is 2.43 bits per heavy atom. The zero-order valence-corrected chi connectivity index (χ0v) is 6.61. The van der Waals surface area contributed by atoms with Crippen molar-refractivity contribution < 1.29 is 5.11 Å². The van der Waals surface area contributed by atoms with Crippen molar-refractivity contribution in [3.63, 3.8) is 0 Å². The summed E-state index contributed by atoms with van der Waals surface area (Å²) in [5, 5.41) is 8.80. The second kappa shape index (κ2) is 3.59. The molecule has 3 heteroatoms. The van der Waals surface area contributed by atoms with Crippen LogP contribution in [0.25, 0.3) is 0 Å². The van der Waals surface area contributed by atoms with Crippen LogP contribution in [0.4, 0.5) is 0 Å². The molecular formula is C4H8BrOP. The molecule has 0 spiro atoms. The maximum absolute atomic E-state index is 8.80. The van der Waals surface area contributed by atoms with Crippen molar-refractivity contribution in [3.8, 4) is 0 Å². The summed E-state index contributed by atoms with van der Waals surface area (Å²) in [6.45, 7) is 4.94. The molecule has 0 aromatic heterocycles. The summed E-state index contributed by atoms with van der Waals surface area (Å²) in [4.78, 5) is 0. The molecule has 0 radical (unpaired) electrons. The summed E-state index contributed by atoms with van der Waals surface area (Å²) in [5.41, 5.74) is 0. The van der Waals surface area contributed by atoms with Crippen molar-refractivity contribution in [2.24, 2.45) is 0 Å². The quantitative estimate of drug-likeness (QED) is 0.512. The lowest BCUT2D eigenvalue weighted by molar-refractivity contribution is 0.307. The zero-order valence-electron chi connectivity index (χ0n) is 4.13. The van der Waals surface area contributed by atoms with Crippen LogP contribution in [0.5, 0.6) is 0 Å². The van der Waals surface area contributed by atoms with Crippen molar-refractivity contribution in [2.75, 3.05) is 6.66 Å². The molecule has 0 aliphatic heterocycles. The van der Waals surface area contributed by atoms with E-state index in [1.54, 1.807) is 0 Å². The smallest absolute Gasteiger partial charge is 0.101 e. The van der Waals surface area contributed by atoms with E-state index in [4.69, 9.17) is 5.11 Å². The average Bonchev–Trinajstić information content (AvgIpc) is 1.65. The second-order valence-corrected chi connectivity index (χ2v) is 6.11. The van der Waals surface area contributed by atoms with E-state index in [0.29, 0.717) is 0 Å². The summed E-state index contributed by atoms with van der Waals surface area (Å²) in [5.74, 6) is -0.352. The minimum absolute atomic E-state index is 0.352. The Bertz CT molecular complexity index is 64.7. The molecule has 0 aromatic carbocycles. The number of aliphatic hydroxyl groups excluding tert-OH is 1. The highest BCUT2D eigenvalue weighted by atomic mass is 79.9. The van der Waals surface area contributed by atoms with E-state index in [9.17, 15) is 0 Å². The first-order valence-corrected chi connectivity index (χ1v) is 5.75. The van der Waals surface area contributed by atoms with Crippen LogP contribution < -0.4 is 0 Å². The highest BCUT2D eigenvalue weighted by Gasteiger charge is 2.02. The third-order valence-electron chi connectivity index (χ3n) is 0.575. The molecule has 1 nitrogen and oxygen atoms in total. The van der Waals surface area contributed by atoms with Crippen molar-refractivity contribution in [3.05, 3.63) is 12.7 Å². The van der Waals surface area contributed by atoms with Gasteiger partial charge in [0.2, 0.25) is 0 Å². The molecule has 0 fully saturated rings. The highest BCUT2D eigenvalue weighted by molar-refractivity contribution is 9.39. The Kier molecular flexibility index (Phi) is 3.91. The fourth-order valence-corrected chi connectivity index (χ4v) is 0.937. The van der Waals surface area contributed by atoms with E-state index in [2.05, 4.69) is 22.1 Å². The van der Waals surface area contributed by atoms with Crippen LogP contribution in [-0.2, 0) is 0 Å². The lowest BCUT2D eigenvalue weighted by Gasteiger charge is -2.04. The fraction of sp³-hybridized carbons (Fsp3) is 0.500. The molecule has 42 valence electrons. The van der Waals surface area contributed by atoms with Gasteiger partial charge < -0.3 is 5.11 Å². The van der Waals surface area contributed by atoms with E-state index in [0.717, 1.165) is 0 Å². The van der Waals surface area contributed by atoms with Crippen LogP contribution in [0, 0.1) is 0 Å². The first-order chi connectivity index (χ1) is 3.18. The number of rotatable bonds is 2. The Labute approximate surface area is 52.9 Å². The molecular weight excluding hydrogens is 175 g/mol. The van der Waals surface area contributed by atoms with E-state index in [-0.39, 0.29) is 5.85 Å². The van der Waals surface area contributed by atoms with Gasteiger partial charge in [0.05, 0.1) is 0 Å². The van der Waals surface area contributed by atoms with Crippen molar-refractivity contribution in [2.45, 2.75) is 5.85 Å². The number of aliphatic hydroxyl groups is 1. The van der Waals surface area contributed by atoms with Gasteiger partial charge in [0, 0.05) is 0 Å². The van der Waals surface area contributed by atoms with Gasteiger partial charge in [0.1, 0.15) is 5.85 Å². The zero-order chi connectivity index (χ0) is 5.86. The molecule has 0 aliphatic carbocycles. The topological polar surface area (TPSA) is 20.2 Å². The first kappa shape index (κ1) is 7.61. The van der Waals surface area contributed by atoms with Gasteiger partial charge in [-0.15, -0.1) is 6.58 Å². The summed E-state index contributed by atoms with van der Waals surface area (Å²) >= 11 is 3.24. The molecule has 0 aliphatic rings. The first-order valence-electron chi connectivity index (χ1n) is 1.87. The maximum Gasteiger partial charge on any atom is 0.101 e. The Morgan fingerprint density at radius 2 is 2.43 bits per heavy atom. The summed E-state index contributed by atoms with van der Waals surface area (Å²) in [6.07, 6.45) is 1.53. The van der Waals surface area contributed by atoms with Gasteiger partial charge >= 0.3 is 0 Å². The Morgan fingerprint density at radius 1 is 2.00 bits per heavy atom. The van der Waals surface area contributed by atoms with Crippen LogP contribution in [0.15, 0.2) is 12.7 Å². The van der Waals surface area contributed by atoms with Gasteiger partial charge in [-0.2, -0.15) is 0 Å². The molecule has 0 saturated carbocycles. The van der Waals surface area contributed by atoms with Crippen LogP contribution in [0.2, 0.25) is 0 Å².